The molecule has 4 nitrogen and oxygen atoms in total. The van der Waals surface area contributed by atoms with Crippen LogP contribution in [0, 0.1) is 0 Å². The zero-order valence-corrected chi connectivity index (χ0v) is 10.4. The Kier molecular flexibility index (Phi) is 4.25. The molecule has 0 saturated heterocycles. The van der Waals surface area contributed by atoms with E-state index in [9.17, 15) is 0 Å². The maximum atomic E-state index is 6.15. The molecule has 2 aromatic rings. The molecule has 2 rings (SSSR count). The van der Waals surface area contributed by atoms with Crippen LogP contribution in [0.2, 0.25) is 0 Å². The maximum Gasteiger partial charge on any atom is 0.137 e. The summed E-state index contributed by atoms with van der Waals surface area (Å²) in [4.78, 5) is 8.20. The highest BCUT2D eigenvalue weighted by atomic mass is 16.5. The van der Waals surface area contributed by atoms with Crippen LogP contribution < -0.4 is 10.5 Å². The molecule has 2 N–H and O–H groups in total. The van der Waals surface area contributed by atoms with Gasteiger partial charge in [-0.2, -0.15) is 0 Å². The fourth-order valence-electron chi connectivity index (χ4n) is 1.78. The smallest absolute Gasteiger partial charge is 0.137 e. The minimum Gasteiger partial charge on any atom is -0.495 e. The molecule has 0 saturated carbocycles. The van der Waals surface area contributed by atoms with Crippen molar-refractivity contribution in [3.05, 3.63) is 54.1 Å². The van der Waals surface area contributed by atoms with Crippen LogP contribution >= 0.6 is 0 Å². The van der Waals surface area contributed by atoms with Gasteiger partial charge in [-0.3, -0.25) is 9.97 Å². The first-order valence-corrected chi connectivity index (χ1v) is 5.93. The molecule has 0 radical (unpaired) electrons. The Bertz CT molecular complexity index is 487. The molecule has 1 unspecified atom stereocenters. The molecule has 2 heterocycles. The molecule has 94 valence electrons. The van der Waals surface area contributed by atoms with E-state index in [0.29, 0.717) is 0 Å². The summed E-state index contributed by atoms with van der Waals surface area (Å²) in [5.41, 5.74) is 8.35. The molecule has 0 fully saturated rings. The van der Waals surface area contributed by atoms with Crippen molar-refractivity contribution >= 4 is 0 Å². The average Bonchev–Trinajstić information content (AvgIpc) is 2.46. The molecule has 2 aromatic heterocycles. The predicted octanol–water partition coefficient (Wildman–Crippen LogP) is 2.12. The van der Waals surface area contributed by atoms with E-state index in [-0.39, 0.29) is 6.04 Å². The monoisotopic (exact) mass is 243 g/mol. The van der Waals surface area contributed by atoms with Gasteiger partial charge in [0, 0.05) is 24.6 Å². The number of rotatable bonds is 5. The van der Waals surface area contributed by atoms with E-state index >= 15 is 0 Å². The predicted molar refractivity (Wildman–Crippen MR) is 70.3 cm³/mol. The van der Waals surface area contributed by atoms with E-state index < -0.39 is 0 Å². The Labute approximate surface area is 107 Å². The first-order chi connectivity index (χ1) is 8.79. The van der Waals surface area contributed by atoms with Gasteiger partial charge in [0.1, 0.15) is 5.75 Å². The second-order valence-corrected chi connectivity index (χ2v) is 4.16. The first kappa shape index (κ1) is 12.5. The summed E-state index contributed by atoms with van der Waals surface area (Å²) in [5, 5.41) is 0. The van der Waals surface area contributed by atoms with Gasteiger partial charge in [-0.05, 0) is 36.1 Å². The highest BCUT2D eigenvalue weighted by molar-refractivity contribution is 5.25. The Morgan fingerprint density at radius 3 is 2.89 bits per heavy atom. The van der Waals surface area contributed by atoms with E-state index in [4.69, 9.17) is 10.5 Å². The van der Waals surface area contributed by atoms with E-state index in [0.717, 1.165) is 24.2 Å². The number of hydrogen-bond acceptors (Lipinski definition) is 4. The number of methoxy groups -OCH3 is 1. The minimum atomic E-state index is -0.0344. The van der Waals surface area contributed by atoms with Crippen molar-refractivity contribution in [1.29, 1.82) is 0 Å². The Morgan fingerprint density at radius 2 is 2.17 bits per heavy atom. The lowest BCUT2D eigenvalue weighted by Gasteiger charge is -2.12. The van der Waals surface area contributed by atoms with Crippen molar-refractivity contribution in [2.45, 2.75) is 18.9 Å². The van der Waals surface area contributed by atoms with Gasteiger partial charge in [0.15, 0.2) is 0 Å². The van der Waals surface area contributed by atoms with Crippen LogP contribution in [0.15, 0.2) is 43.0 Å². The summed E-state index contributed by atoms with van der Waals surface area (Å²) >= 11 is 0. The highest BCUT2D eigenvalue weighted by Crippen LogP contribution is 2.19. The van der Waals surface area contributed by atoms with Gasteiger partial charge in [0.25, 0.3) is 0 Å². The molecule has 0 aliphatic rings. The molecule has 0 aliphatic heterocycles. The molecule has 0 aromatic carbocycles. The lowest BCUT2D eigenvalue weighted by molar-refractivity contribution is 0.411. The first-order valence-electron chi connectivity index (χ1n) is 5.93. The van der Waals surface area contributed by atoms with Gasteiger partial charge in [-0.25, -0.2) is 0 Å². The summed E-state index contributed by atoms with van der Waals surface area (Å²) in [7, 11) is 1.63. The molecule has 0 aliphatic carbocycles. The average molecular weight is 243 g/mol. The number of hydrogen-bond donors (Lipinski definition) is 1. The van der Waals surface area contributed by atoms with E-state index in [1.165, 1.54) is 5.56 Å². The minimum absolute atomic E-state index is 0.0344. The second kappa shape index (κ2) is 6.12. The van der Waals surface area contributed by atoms with Gasteiger partial charge in [0.05, 0.1) is 13.3 Å². The molecular formula is C14H17N3O. The molecule has 0 bridgehead atoms. The quantitative estimate of drug-likeness (QED) is 0.873. The standard InChI is InChI=1S/C14H17N3O/c1-18-13-7-12(9-17-10-13)14(15)5-4-11-3-2-6-16-8-11/h2-3,6-10,14H,4-5,15H2,1H3. The lowest BCUT2D eigenvalue weighted by atomic mass is 10.0. The third kappa shape index (κ3) is 3.28. The summed E-state index contributed by atoms with van der Waals surface area (Å²) in [5.74, 6) is 0.740. The summed E-state index contributed by atoms with van der Waals surface area (Å²) in [6, 6.07) is 5.89. The Balaban J connectivity index is 1.97. The third-order valence-electron chi connectivity index (χ3n) is 2.86. The third-order valence-corrected chi connectivity index (χ3v) is 2.86. The van der Waals surface area contributed by atoms with Crippen LogP contribution in [-0.2, 0) is 6.42 Å². The number of nitrogens with zero attached hydrogens (tertiary/aromatic N) is 2. The van der Waals surface area contributed by atoms with Gasteiger partial charge < -0.3 is 10.5 Å². The van der Waals surface area contributed by atoms with Gasteiger partial charge >= 0.3 is 0 Å². The fourth-order valence-corrected chi connectivity index (χ4v) is 1.78. The van der Waals surface area contributed by atoms with Crippen molar-refractivity contribution in [2.75, 3.05) is 7.11 Å². The van der Waals surface area contributed by atoms with Gasteiger partial charge in [0.2, 0.25) is 0 Å². The van der Waals surface area contributed by atoms with Crippen molar-refractivity contribution in [1.82, 2.24) is 9.97 Å². The van der Waals surface area contributed by atoms with Crippen molar-refractivity contribution in [3.63, 3.8) is 0 Å². The maximum absolute atomic E-state index is 6.15. The normalized spacial score (nSPS) is 12.1. The largest absolute Gasteiger partial charge is 0.495 e. The topological polar surface area (TPSA) is 61.0 Å². The zero-order valence-electron chi connectivity index (χ0n) is 10.4. The van der Waals surface area contributed by atoms with Crippen molar-refractivity contribution in [3.8, 4) is 5.75 Å². The van der Waals surface area contributed by atoms with Crippen LogP contribution in [0.5, 0.6) is 5.75 Å². The molecule has 0 amide bonds. The Morgan fingerprint density at radius 1 is 1.28 bits per heavy atom. The van der Waals surface area contributed by atoms with Crippen molar-refractivity contribution in [2.24, 2.45) is 5.73 Å². The summed E-state index contributed by atoms with van der Waals surface area (Å²) < 4.78 is 5.14. The second-order valence-electron chi connectivity index (χ2n) is 4.16. The van der Waals surface area contributed by atoms with E-state index in [1.807, 2.05) is 18.3 Å². The number of pyridine rings is 2. The zero-order chi connectivity index (χ0) is 12.8. The number of aromatic nitrogens is 2. The molecule has 4 heteroatoms. The lowest BCUT2D eigenvalue weighted by Crippen LogP contribution is -2.11. The number of ether oxygens (including phenoxy) is 1. The summed E-state index contributed by atoms with van der Waals surface area (Å²) in [6.07, 6.45) is 8.88. The van der Waals surface area contributed by atoms with Crippen LogP contribution in [0.4, 0.5) is 0 Å². The molecular weight excluding hydrogens is 226 g/mol. The number of nitrogens with two attached hydrogens (primary N) is 1. The highest BCUT2D eigenvalue weighted by Gasteiger charge is 2.08. The number of aryl methyl sites for hydroxylation is 1. The van der Waals surface area contributed by atoms with Crippen LogP contribution in [0.25, 0.3) is 0 Å². The van der Waals surface area contributed by atoms with Gasteiger partial charge in [-0.15, -0.1) is 0 Å². The van der Waals surface area contributed by atoms with Crippen LogP contribution in [0.3, 0.4) is 0 Å². The van der Waals surface area contributed by atoms with Crippen molar-refractivity contribution < 1.29 is 4.74 Å². The molecule has 1 atom stereocenters. The van der Waals surface area contributed by atoms with E-state index in [1.54, 1.807) is 25.7 Å². The fraction of sp³-hybridized carbons (Fsp3) is 0.286. The van der Waals surface area contributed by atoms with Crippen LogP contribution in [-0.4, -0.2) is 17.1 Å². The van der Waals surface area contributed by atoms with Gasteiger partial charge in [-0.1, -0.05) is 6.07 Å². The summed E-state index contributed by atoms with van der Waals surface area (Å²) in [6.45, 7) is 0. The molecule has 0 spiro atoms. The van der Waals surface area contributed by atoms with Crippen LogP contribution in [0.1, 0.15) is 23.6 Å². The SMILES string of the molecule is COc1cncc(C(N)CCc2cccnc2)c1. The van der Waals surface area contributed by atoms with E-state index in [2.05, 4.69) is 16.0 Å². The Hall–Kier alpha value is -1.94. The molecule has 18 heavy (non-hydrogen) atoms.